The number of hydrogen-bond acceptors (Lipinski definition) is 4. The Morgan fingerprint density at radius 3 is 2.43 bits per heavy atom. The van der Waals surface area contributed by atoms with Crippen LogP contribution in [0.15, 0.2) is 36.0 Å². The van der Waals surface area contributed by atoms with E-state index in [9.17, 15) is 14.4 Å². The van der Waals surface area contributed by atoms with Crippen LogP contribution in [0.5, 0.6) is 0 Å². The molecule has 2 fully saturated rings. The van der Waals surface area contributed by atoms with Crippen LogP contribution in [0.2, 0.25) is 0 Å². The lowest BCUT2D eigenvalue weighted by molar-refractivity contribution is -0.132. The van der Waals surface area contributed by atoms with Gasteiger partial charge in [-0.25, -0.2) is 0 Å². The van der Waals surface area contributed by atoms with E-state index in [1.54, 1.807) is 20.2 Å². The second kappa shape index (κ2) is 8.02. The van der Waals surface area contributed by atoms with Crippen LogP contribution in [0.4, 0.5) is 0 Å². The van der Waals surface area contributed by atoms with E-state index < -0.39 is 11.8 Å². The zero-order valence-corrected chi connectivity index (χ0v) is 17.9. The Hall–Kier alpha value is -3.00. The Bertz CT molecular complexity index is 1060. The summed E-state index contributed by atoms with van der Waals surface area (Å²) in [7, 11) is 3.11. The Morgan fingerprint density at radius 1 is 1.13 bits per heavy atom. The van der Waals surface area contributed by atoms with Crippen LogP contribution >= 0.6 is 12.2 Å². The highest BCUT2D eigenvalue weighted by Gasteiger charge is 2.35. The number of carbonyl (C=O) groups excluding carboxylic acids is 3. The van der Waals surface area contributed by atoms with E-state index in [1.807, 2.05) is 35.0 Å². The van der Waals surface area contributed by atoms with Gasteiger partial charge in [0.15, 0.2) is 5.11 Å². The Morgan fingerprint density at radius 2 is 1.77 bits per heavy atom. The highest BCUT2D eigenvalue weighted by Crippen LogP contribution is 2.26. The minimum Gasteiger partial charge on any atom is -0.352 e. The van der Waals surface area contributed by atoms with Gasteiger partial charge in [-0.05, 0) is 37.2 Å². The molecule has 2 heterocycles. The monoisotopic (exact) mass is 424 g/mol. The summed E-state index contributed by atoms with van der Waals surface area (Å²) in [6, 6.07) is 7.90. The van der Waals surface area contributed by atoms with E-state index in [4.69, 9.17) is 12.2 Å². The molecule has 8 heteroatoms. The maximum absolute atomic E-state index is 12.7. The number of para-hydroxylation sites is 1. The van der Waals surface area contributed by atoms with Crippen LogP contribution in [0.25, 0.3) is 17.0 Å². The fourth-order valence-electron chi connectivity index (χ4n) is 4.15. The average molecular weight is 425 g/mol. The van der Waals surface area contributed by atoms with Crippen molar-refractivity contribution in [3.63, 3.8) is 0 Å². The molecule has 0 bridgehead atoms. The van der Waals surface area contributed by atoms with Crippen molar-refractivity contribution in [2.45, 2.75) is 38.3 Å². The van der Waals surface area contributed by atoms with Crippen molar-refractivity contribution in [1.29, 1.82) is 0 Å². The molecule has 2 aromatic rings. The van der Waals surface area contributed by atoms with Crippen LogP contribution in [-0.4, -0.2) is 57.3 Å². The Kier molecular flexibility index (Phi) is 5.42. The minimum atomic E-state index is -0.432. The molecular weight excluding hydrogens is 400 g/mol. The zero-order chi connectivity index (χ0) is 21.4. The summed E-state index contributed by atoms with van der Waals surface area (Å²) in [6.45, 7) is 0.186. The Balaban J connectivity index is 1.67. The molecule has 4 rings (SSSR count). The number of nitrogens with one attached hydrogen (secondary N) is 1. The maximum Gasteiger partial charge on any atom is 0.265 e. The third-order valence-corrected chi connectivity index (χ3v) is 6.35. The number of nitrogens with zero attached hydrogens (tertiary/aromatic N) is 3. The largest absolute Gasteiger partial charge is 0.352 e. The number of aromatic nitrogens is 1. The number of benzene rings is 1. The van der Waals surface area contributed by atoms with Gasteiger partial charge in [0, 0.05) is 42.8 Å². The molecule has 2 aliphatic rings. The van der Waals surface area contributed by atoms with E-state index in [2.05, 4.69) is 5.32 Å². The van der Waals surface area contributed by atoms with Crippen molar-refractivity contribution in [3.8, 4) is 0 Å². The topological polar surface area (TPSA) is 74.6 Å². The van der Waals surface area contributed by atoms with Crippen molar-refractivity contribution in [1.82, 2.24) is 19.7 Å². The quantitative estimate of drug-likeness (QED) is 0.464. The predicted molar refractivity (Wildman–Crippen MR) is 118 cm³/mol. The third kappa shape index (κ3) is 3.63. The lowest BCUT2D eigenvalue weighted by atomic mass is 10.1. The molecule has 1 aromatic heterocycles. The third-order valence-electron chi connectivity index (χ3n) is 5.80. The molecule has 0 radical (unpaired) electrons. The molecule has 0 unspecified atom stereocenters. The summed E-state index contributed by atoms with van der Waals surface area (Å²) in [5, 5.41) is 4.15. The van der Waals surface area contributed by atoms with Crippen molar-refractivity contribution >= 4 is 52.0 Å². The van der Waals surface area contributed by atoms with Crippen LogP contribution in [0, 0.1) is 0 Å². The number of hydrogen-bond donors (Lipinski definition) is 1. The molecule has 1 N–H and O–H groups in total. The summed E-state index contributed by atoms with van der Waals surface area (Å²) < 4.78 is 1.86. The molecule has 3 amide bonds. The van der Waals surface area contributed by atoms with Crippen molar-refractivity contribution in [3.05, 3.63) is 41.6 Å². The van der Waals surface area contributed by atoms with E-state index in [0.717, 1.165) is 36.6 Å². The number of likely N-dealkylation sites (N-methyl/N-ethyl adjacent to an activating group) is 2. The first-order chi connectivity index (χ1) is 14.4. The lowest BCUT2D eigenvalue weighted by Gasteiger charge is -2.31. The van der Waals surface area contributed by atoms with Gasteiger partial charge in [0.25, 0.3) is 11.8 Å². The molecule has 1 aliphatic heterocycles. The highest BCUT2D eigenvalue weighted by atomic mass is 32.1. The number of amides is 3. The first-order valence-electron chi connectivity index (χ1n) is 10.1. The van der Waals surface area contributed by atoms with Crippen LogP contribution in [0.3, 0.4) is 0 Å². The average Bonchev–Trinajstić information content (AvgIpc) is 3.36. The van der Waals surface area contributed by atoms with Gasteiger partial charge >= 0.3 is 0 Å². The van der Waals surface area contributed by atoms with Gasteiger partial charge in [-0.15, -0.1) is 0 Å². The van der Waals surface area contributed by atoms with Crippen LogP contribution < -0.4 is 5.32 Å². The molecule has 0 spiro atoms. The molecule has 0 atom stereocenters. The summed E-state index contributed by atoms with van der Waals surface area (Å²) >= 11 is 5.14. The van der Waals surface area contributed by atoms with Gasteiger partial charge in [-0.2, -0.15) is 0 Å². The molecule has 1 aromatic carbocycles. The van der Waals surface area contributed by atoms with Gasteiger partial charge in [-0.3, -0.25) is 24.2 Å². The summed E-state index contributed by atoms with van der Waals surface area (Å²) in [6.07, 6.45) is 7.78. The smallest absolute Gasteiger partial charge is 0.265 e. The standard InChI is InChI=1S/C22H24N4O3S/c1-24-20(28)17(21(29)25(2)22(24)30)11-14-12-26(18-10-6-5-9-16(14)18)13-19(27)23-15-7-3-4-8-15/h5-6,9-12,15H,3-4,7-8,13H2,1-2H3,(H,23,27). The molecule has 1 aliphatic carbocycles. The van der Waals surface area contributed by atoms with Crippen LogP contribution in [-0.2, 0) is 20.9 Å². The van der Waals surface area contributed by atoms with Gasteiger partial charge in [0.2, 0.25) is 5.91 Å². The van der Waals surface area contributed by atoms with E-state index >= 15 is 0 Å². The number of fused-ring (bicyclic) bond motifs is 1. The van der Waals surface area contributed by atoms with Gasteiger partial charge in [0.1, 0.15) is 12.1 Å². The van der Waals surface area contributed by atoms with E-state index in [-0.39, 0.29) is 29.2 Å². The van der Waals surface area contributed by atoms with Crippen molar-refractivity contribution in [2.75, 3.05) is 14.1 Å². The summed E-state index contributed by atoms with van der Waals surface area (Å²) in [5.74, 6) is -0.894. The zero-order valence-electron chi connectivity index (χ0n) is 17.1. The fourth-order valence-corrected chi connectivity index (χ4v) is 4.32. The molecule has 30 heavy (non-hydrogen) atoms. The molecule has 156 valence electrons. The SMILES string of the molecule is CN1C(=O)C(=Cc2cn(CC(=O)NC3CCCC3)c3ccccc23)C(=O)N(C)C1=S. The van der Waals surface area contributed by atoms with Crippen molar-refractivity contribution in [2.24, 2.45) is 0 Å². The van der Waals surface area contributed by atoms with Gasteiger partial charge in [0.05, 0.1) is 0 Å². The fraction of sp³-hybridized carbons (Fsp3) is 0.364. The number of rotatable bonds is 4. The minimum absolute atomic E-state index is 0.0310. The Labute approximate surface area is 180 Å². The summed E-state index contributed by atoms with van der Waals surface area (Å²) in [5.41, 5.74) is 1.64. The first-order valence-corrected chi connectivity index (χ1v) is 10.5. The van der Waals surface area contributed by atoms with Crippen LogP contribution in [0.1, 0.15) is 31.2 Å². The molecule has 1 saturated carbocycles. The normalized spacial score (nSPS) is 17.9. The van der Waals surface area contributed by atoms with Gasteiger partial charge < -0.3 is 9.88 Å². The highest BCUT2D eigenvalue weighted by molar-refractivity contribution is 7.80. The second-order valence-corrected chi connectivity index (χ2v) is 8.21. The molecular formula is C22H24N4O3S. The number of thiocarbonyl (C=S) groups is 1. The summed E-state index contributed by atoms with van der Waals surface area (Å²) in [4.78, 5) is 40.5. The van der Waals surface area contributed by atoms with E-state index in [1.165, 1.54) is 9.80 Å². The van der Waals surface area contributed by atoms with Crippen molar-refractivity contribution < 1.29 is 14.4 Å². The molecule has 7 nitrogen and oxygen atoms in total. The second-order valence-electron chi connectivity index (χ2n) is 7.85. The predicted octanol–water partition coefficient (Wildman–Crippen LogP) is 2.30. The lowest BCUT2D eigenvalue weighted by Crippen LogP contribution is -2.52. The van der Waals surface area contributed by atoms with E-state index in [0.29, 0.717) is 5.56 Å². The number of carbonyl (C=O) groups is 3. The first kappa shape index (κ1) is 20.3. The van der Waals surface area contributed by atoms with Gasteiger partial charge in [-0.1, -0.05) is 31.0 Å². The molecule has 1 saturated heterocycles. The maximum atomic E-state index is 12.7.